The van der Waals surface area contributed by atoms with Gasteiger partial charge in [-0.15, -0.1) is 0 Å². The molecule has 1 unspecified atom stereocenters. The fourth-order valence-electron chi connectivity index (χ4n) is 2.78. The van der Waals surface area contributed by atoms with Crippen molar-refractivity contribution in [1.29, 1.82) is 0 Å². The highest BCUT2D eigenvalue weighted by atomic mass is 32.2. The third-order valence-corrected chi connectivity index (χ3v) is 5.17. The lowest BCUT2D eigenvalue weighted by molar-refractivity contribution is 0.406. The fourth-order valence-corrected chi connectivity index (χ4v) is 3.05. The average Bonchev–Trinajstić information content (AvgIpc) is 2.37. The molecule has 0 amide bonds. The van der Waals surface area contributed by atoms with Gasteiger partial charge < -0.3 is 5.32 Å². The maximum Gasteiger partial charge on any atom is 0.0141 e. The van der Waals surface area contributed by atoms with E-state index >= 15 is 0 Å². The number of thioether (sulfide) groups is 1. The minimum Gasteiger partial charge on any atom is -0.313 e. The third kappa shape index (κ3) is 8.42. The molecule has 0 aromatic heterocycles. The van der Waals surface area contributed by atoms with E-state index in [9.17, 15) is 0 Å². The van der Waals surface area contributed by atoms with E-state index in [1.807, 2.05) is 11.8 Å². The van der Waals surface area contributed by atoms with E-state index in [2.05, 4.69) is 18.5 Å². The Balaban J connectivity index is 2.23. The summed E-state index contributed by atoms with van der Waals surface area (Å²) in [6, 6.07) is 0.791. The van der Waals surface area contributed by atoms with Crippen molar-refractivity contribution < 1.29 is 0 Å². The van der Waals surface area contributed by atoms with E-state index in [1.165, 1.54) is 77.2 Å². The summed E-state index contributed by atoms with van der Waals surface area (Å²) >= 11 is 1.97. The summed E-state index contributed by atoms with van der Waals surface area (Å²) in [6.07, 6.45) is 18.2. The van der Waals surface area contributed by atoms with Gasteiger partial charge >= 0.3 is 0 Å². The Bertz CT molecular complexity index is 172. The van der Waals surface area contributed by atoms with Crippen molar-refractivity contribution >= 4 is 11.8 Å². The van der Waals surface area contributed by atoms with Crippen molar-refractivity contribution in [2.45, 2.75) is 88.8 Å². The predicted octanol–water partition coefficient (Wildman–Crippen LogP) is 5.00. The van der Waals surface area contributed by atoms with Crippen molar-refractivity contribution in [3.05, 3.63) is 0 Å². The lowest BCUT2D eigenvalue weighted by Crippen LogP contribution is -2.33. The van der Waals surface area contributed by atoms with E-state index in [0.29, 0.717) is 0 Å². The van der Waals surface area contributed by atoms with Gasteiger partial charge in [0.15, 0.2) is 0 Å². The maximum atomic E-state index is 3.80. The van der Waals surface area contributed by atoms with Gasteiger partial charge in [-0.1, -0.05) is 64.7 Å². The van der Waals surface area contributed by atoms with Crippen molar-refractivity contribution in [3.63, 3.8) is 0 Å². The van der Waals surface area contributed by atoms with Crippen LogP contribution in [0.15, 0.2) is 0 Å². The molecule has 0 heterocycles. The molecule has 1 aliphatic rings. The van der Waals surface area contributed by atoms with Crippen LogP contribution >= 0.6 is 11.8 Å². The third-order valence-electron chi connectivity index (χ3n) is 4.20. The molecule has 0 aromatic carbocycles. The van der Waals surface area contributed by atoms with Gasteiger partial charge in [0.1, 0.15) is 0 Å². The largest absolute Gasteiger partial charge is 0.313 e. The second kappa shape index (κ2) is 11.2. The Kier molecular flexibility index (Phi) is 10.1. The molecule has 1 atom stereocenters. The van der Waals surface area contributed by atoms with Gasteiger partial charge in [-0.2, -0.15) is 11.8 Å². The van der Waals surface area contributed by atoms with Crippen LogP contribution in [0.2, 0.25) is 0 Å². The quantitative estimate of drug-likeness (QED) is 0.772. The molecule has 1 aliphatic carbocycles. The molecule has 0 spiro atoms. The first kappa shape index (κ1) is 16.4. The van der Waals surface area contributed by atoms with Crippen LogP contribution < -0.4 is 5.32 Å². The number of hydrogen-bond donors (Lipinski definition) is 1. The Labute approximate surface area is 119 Å². The predicted molar refractivity (Wildman–Crippen MR) is 85.6 cm³/mol. The topological polar surface area (TPSA) is 12.0 Å². The average molecular weight is 272 g/mol. The molecule has 1 N–H and O–H groups in total. The van der Waals surface area contributed by atoms with E-state index in [0.717, 1.165) is 11.3 Å². The lowest BCUT2D eigenvalue weighted by Gasteiger charge is -2.21. The van der Waals surface area contributed by atoms with Gasteiger partial charge in [-0.05, 0) is 19.1 Å². The fraction of sp³-hybridized carbons (Fsp3) is 1.00. The van der Waals surface area contributed by atoms with Crippen LogP contribution in [-0.2, 0) is 0 Å². The minimum atomic E-state index is 0.756. The van der Waals surface area contributed by atoms with Crippen LogP contribution in [0.3, 0.4) is 0 Å². The van der Waals surface area contributed by atoms with Gasteiger partial charge in [0.25, 0.3) is 0 Å². The van der Waals surface area contributed by atoms with Crippen LogP contribution in [0.4, 0.5) is 0 Å². The number of rotatable bonds is 4. The molecule has 0 radical (unpaired) electrons. The van der Waals surface area contributed by atoms with Crippen molar-refractivity contribution in [1.82, 2.24) is 5.32 Å². The second-order valence-corrected chi connectivity index (χ2v) is 7.19. The Hall–Kier alpha value is 0.310. The van der Waals surface area contributed by atoms with Gasteiger partial charge in [-0.25, -0.2) is 0 Å². The van der Waals surface area contributed by atoms with Crippen molar-refractivity contribution in [2.75, 3.05) is 12.8 Å². The summed E-state index contributed by atoms with van der Waals surface area (Å²) in [5.41, 5.74) is 0. The van der Waals surface area contributed by atoms with E-state index < -0.39 is 0 Å². The summed E-state index contributed by atoms with van der Waals surface area (Å²) < 4.78 is 0. The highest BCUT2D eigenvalue weighted by Gasteiger charge is 2.10. The first-order valence-electron chi connectivity index (χ1n) is 8.09. The standard InChI is InChI=1S/C16H33NS/c1-15(18-2)14-17-16-12-10-8-6-4-3-5-7-9-11-13-16/h15-17H,3-14H2,1-2H3. The second-order valence-electron chi connectivity index (χ2n) is 5.91. The van der Waals surface area contributed by atoms with Gasteiger partial charge in [-0.3, -0.25) is 0 Å². The highest BCUT2D eigenvalue weighted by molar-refractivity contribution is 7.99. The first-order chi connectivity index (χ1) is 8.83. The van der Waals surface area contributed by atoms with Gasteiger partial charge in [0, 0.05) is 17.8 Å². The van der Waals surface area contributed by atoms with Crippen LogP contribution in [-0.4, -0.2) is 24.1 Å². The van der Waals surface area contributed by atoms with Crippen LogP contribution in [0.5, 0.6) is 0 Å². The number of nitrogens with one attached hydrogen (secondary N) is 1. The van der Waals surface area contributed by atoms with Crippen LogP contribution in [0, 0.1) is 0 Å². The molecular weight excluding hydrogens is 238 g/mol. The first-order valence-corrected chi connectivity index (χ1v) is 9.38. The summed E-state index contributed by atoms with van der Waals surface area (Å²) in [5, 5.41) is 4.56. The zero-order valence-corrected chi connectivity index (χ0v) is 13.4. The number of hydrogen-bond acceptors (Lipinski definition) is 2. The molecule has 0 saturated heterocycles. The molecule has 1 nitrogen and oxygen atoms in total. The lowest BCUT2D eigenvalue weighted by atomic mass is 9.98. The monoisotopic (exact) mass is 271 g/mol. The highest BCUT2D eigenvalue weighted by Crippen LogP contribution is 2.17. The maximum absolute atomic E-state index is 3.80. The Morgan fingerprint density at radius 3 is 1.78 bits per heavy atom. The summed E-state index contributed by atoms with van der Waals surface area (Å²) in [5.74, 6) is 0. The van der Waals surface area contributed by atoms with Crippen LogP contribution in [0.25, 0.3) is 0 Å². The summed E-state index contributed by atoms with van der Waals surface area (Å²) in [6.45, 7) is 3.51. The summed E-state index contributed by atoms with van der Waals surface area (Å²) in [4.78, 5) is 0. The zero-order chi connectivity index (χ0) is 13.1. The smallest absolute Gasteiger partial charge is 0.0141 e. The van der Waals surface area contributed by atoms with E-state index in [1.54, 1.807) is 0 Å². The van der Waals surface area contributed by atoms with Crippen LogP contribution in [0.1, 0.15) is 77.6 Å². The van der Waals surface area contributed by atoms with E-state index in [-0.39, 0.29) is 0 Å². The zero-order valence-electron chi connectivity index (χ0n) is 12.5. The molecule has 2 heteroatoms. The van der Waals surface area contributed by atoms with Crippen molar-refractivity contribution in [2.24, 2.45) is 0 Å². The molecule has 1 saturated carbocycles. The van der Waals surface area contributed by atoms with E-state index in [4.69, 9.17) is 0 Å². The minimum absolute atomic E-state index is 0.756. The molecule has 0 aromatic rings. The van der Waals surface area contributed by atoms with Gasteiger partial charge in [0.2, 0.25) is 0 Å². The molecule has 108 valence electrons. The molecular formula is C16H33NS. The van der Waals surface area contributed by atoms with Crippen molar-refractivity contribution in [3.8, 4) is 0 Å². The molecule has 18 heavy (non-hydrogen) atoms. The molecule has 0 aliphatic heterocycles. The van der Waals surface area contributed by atoms with Gasteiger partial charge in [0.05, 0.1) is 0 Å². The Morgan fingerprint density at radius 2 is 1.33 bits per heavy atom. The Morgan fingerprint density at radius 1 is 0.889 bits per heavy atom. The molecule has 0 bridgehead atoms. The molecule has 1 rings (SSSR count). The SMILES string of the molecule is CSC(C)CNC1CCCCCCCCCCC1. The normalized spacial score (nSPS) is 23.0. The summed E-state index contributed by atoms with van der Waals surface area (Å²) in [7, 11) is 0. The molecule has 1 fully saturated rings.